The van der Waals surface area contributed by atoms with Crippen molar-refractivity contribution in [3.05, 3.63) is 136 Å². The highest BCUT2D eigenvalue weighted by Crippen LogP contribution is 2.45. The molecule has 2 heteroatoms. The molecule has 0 fully saturated rings. The number of hydrogen-bond donors (Lipinski definition) is 0. The summed E-state index contributed by atoms with van der Waals surface area (Å²) in [5, 5.41) is 0.745. The molecule has 5 rings (SSSR count). The zero-order valence-corrected chi connectivity index (χ0v) is 26.1. The lowest BCUT2D eigenvalue weighted by Crippen LogP contribution is -2.15. The Balaban J connectivity index is 1.81. The van der Waals surface area contributed by atoms with Crippen LogP contribution in [0.5, 0.6) is 0 Å². The van der Waals surface area contributed by atoms with Gasteiger partial charge in [-0.2, -0.15) is 0 Å². The lowest BCUT2D eigenvalue weighted by molar-refractivity contribution is 0.590. The largest absolute Gasteiger partial charge is 0.310 e. The van der Waals surface area contributed by atoms with Crippen LogP contribution in [0.4, 0.5) is 17.1 Å². The molecule has 0 unspecified atom stereocenters. The second-order valence-electron chi connectivity index (χ2n) is 12.4. The van der Waals surface area contributed by atoms with Crippen molar-refractivity contribution in [1.29, 1.82) is 0 Å². The Kier molecular flexibility index (Phi) is 8.11. The summed E-state index contributed by atoms with van der Waals surface area (Å²) < 4.78 is 0. The fourth-order valence-corrected chi connectivity index (χ4v) is 5.84. The van der Waals surface area contributed by atoms with Crippen LogP contribution < -0.4 is 4.90 Å². The summed E-state index contributed by atoms with van der Waals surface area (Å²) in [5.74, 6) is 0.354. The maximum Gasteiger partial charge on any atom is 0.0540 e. The van der Waals surface area contributed by atoms with Crippen molar-refractivity contribution in [3.63, 3.8) is 0 Å². The van der Waals surface area contributed by atoms with E-state index >= 15 is 0 Å². The predicted molar refractivity (Wildman–Crippen MR) is 179 cm³/mol. The standard InChI is InChI=1S/C39H40ClN/c1-26(2)31-21-33(40)25-35(23-31)41(34-18-12-17-30(22-34)38-27(3)13-11-14-28(38)4)37-20-19-32(39(5,6)7)24-36(37)29-15-9-8-10-16-29/h8-26H,1-7H3. The van der Waals surface area contributed by atoms with Gasteiger partial charge in [0, 0.05) is 22.0 Å². The van der Waals surface area contributed by atoms with Crippen molar-refractivity contribution in [2.24, 2.45) is 0 Å². The highest BCUT2D eigenvalue weighted by molar-refractivity contribution is 6.31. The van der Waals surface area contributed by atoms with Crippen LogP contribution in [-0.4, -0.2) is 0 Å². The van der Waals surface area contributed by atoms with Crippen LogP contribution in [0.15, 0.2) is 109 Å². The molecular formula is C39H40ClN. The van der Waals surface area contributed by atoms with Crippen LogP contribution in [0.25, 0.3) is 22.3 Å². The molecule has 0 amide bonds. The van der Waals surface area contributed by atoms with Crippen molar-refractivity contribution in [3.8, 4) is 22.3 Å². The molecular weight excluding hydrogens is 518 g/mol. The van der Waals surface area contributed by atoms with E-state index in [0.29, 0.717) is 5.92 Å². The normalized spacial score (nSPS) is 11.6. The van der Waals surface area contributed by atoms with Crippen molar-refractivity contribution >= 4 is 28.7 Å². The third kappa shape index (κ3) is 6.11. The molecule has 0 radical (unpaired) electrons. The van der Waals surface area contributed by atoms with E-state index in [1.807, 2.05) is 0 Å². The van der Waals surface area contributed by atoms with Gasteiger partial charge in [0.1, 0.15) is 0 Å². The minimum atomic E-state index is 0.0238. The van der Waals surface area contributed by atoms with Crippen LogP contribution in [0.2, 0.25) is 5.02 Å². The average molecular weight is 558 g/mol. The Bertz CT molecular complexity index is 1650. The van der Waals surface area contributed by atoms with E-state index in [9.17, 15) is 0 Å². The molecule has 5 aromatic rings. The average Bonchev–Trinajstić information content (AvgIpc) is 2.93. The smallest absolute Gasteiger partial charge is 0.0540 e. The molecule has 0 aliphatic rings. The van der Waals surface area contributed by atoms with Gasteiger partial charge in [0.25, 0.3) is 0 Å². The third-order valence-corrected chi connectivity index (χ3v) is 8.11. The third-order valence-electron chi connectivity index (χ3n) is 7.89. The van der Waals surface area contributed by atoms with Crippen LogP contribution in [0, 0.1) is 13.8 Å². The van der Waals surface area contributed by atoms with Crippen LogP contribution in [0.1, 0.15) is 62.8 Å². The highest BCUT2D eigenvalue weighted by atomic mass is 35.5. The number of aryl methyl sites for hydroxylation is 2. The number of rotatable bonds is 6. The minimum absolute atomic E-state index is 0.0238. The van der Waals surface area contributed by atoms with Crippen molar-refractivity contribution in [1.82, 2.24) is 0 Å². The second kappa shape index (κ2) is 11.6. The number of benzene rings is 5. The van der Waals surface area contributed by atoms with Gasteiger partial charge in [-0.25, -0.2) is 0 Å². The van der Waals surface area contributed by atoms with Gasteiger partial charge in [-0.05, 0) is 107 Å². The molecule has 0 N–H and O–H groups in total. The zero-order chi connectivity index (χ0) is 29.3. The van der Waals surface area contributed by atoms with Gasteiger partial charge < -0.3 is 4.90 Å². The SMILES string of the molecule is Cc1cccc(C)c1-c1cccc(N(c2cc(Cl)cc(C(C)C)c2)c2ccc(C(C)(C)C)cc2-c2ccccc2)c1. The monoisotopic (exact) mass is 557 g/mol. The minimum Gasteiger partial charge on any atom is -0.310 e. The highest BCUT2D eigenvalue weighted by Gasteiger charge is 2.22. The summed E-state index contributed by atoms with van der Waals surface area (Å²) in [6.45, 7) is 15.6. The molecule has 0 aliphatic heterocycles. The quantitative estimate of drug-likeness (QED) is 0.200. The van der Waals surface area contributed by atoms with Gasteiger partial charge in [-0.3, -0.25) is 0 Å². The molecule has 0 saturated carbocycles. The fourth-order valence-electron chi connectivity index (χ4n) is 5.60. The molecule has 0 aromatic heterocycles. The molecule has 0 atom stereocenters. The molecule has 0 saturated heterocycles. The van der Waals surface area contributed by atoms with E-state index in [2.05, 4.69) is 163 Å². The molecule has 0 heterocycles. The maximum absolute atomic E-state index is 6.80. The lowest BCUT2D eigenvalue weighted by Gasteiger charge is -2.31. The fraction of sp³-hybridized carbons (Fsp3) is 0.231. The molecule has 0 aliphatic carbocycles. The Morgan fingerprint density at radius 3 is 1.95 bits per heavy atom. The summed E-state index contributed by atoms with van der Waals surface area (Å²) in [6.07, 6.45) is 0. The summed E-state index contributed by atoms with van der Waals surface area (Å²) in [7, 11) is 0. The lowest BCUT2D eigenvalue weighted by atomic mass is 9.84. The number of hydrogen-bond acceptors (Lipinski definition) is 1. The van der Waals surface area contributed by atoms with Gasteiger partial charge in [-0.15, -0.1) is 0 Å². The van der Waals surface area contributed by atoms with Gasteiger partial charge in [-0.1, -0.05) is 113 Å². The molecule has 0 spiro atoms. The zero-order valence-electron chi connectivity index (χ0n) is 25.3. The van der Waals surface area contributed by atoms with E-state index in [4.69, 9.17) is 11.6 Å². The van der Waals surface area contributed by atoms with Crippen molar-refractivity contribution < 1.29 is 0 Å². The van der Waals surface area contributed by atoms with Crippen LogP contribution in [0.3, 0.4) is 0 Å². The second-order valence-corrected chi connectivity index (χ2v) is 12.8. The van der Waals surface area contributed by atoms with E-state index in [1.165, 1.54) is 44.5 Å². The van der Waals surface area contributed by atoms with Crippen molar-refractivity contribution in [2.75, 3.05) is 4.90 Å². The van der Waals surface area contributed by atoms with E-state index < -0.39 is 0 Å². The van der Waals surface area contributed by atoms with E-state index in [1.54, 1.807) is 0 Å². The van der Waals surface area contributed by atoms with Crippen LogP contribution >= 0.6 is 11.6 Å². The van der Waals surface area contributed by atoms with E-state index in [-0.39, 0.29) is 5.41 Å². The Hall–Kier alpha value is -3.81. The Morgan fingerprint density at radius 1 is 0.634 bits per heavy atom. The van der Waals surface area contributed by atoms with Gasteiger partial charge >= 0.3 is 0 Å². The van der Waals surface area contributed by atoms with E-state index in [0.717, 1.165) is 22.1 Å². The Morgan fingerprint density at radius 2 is 1.29 bits per heavy atom. The topological polar surface area (TPSA) is 3.24 Å². The molecule has 41 heavy (non-hydrogen) atoms. The number of anilines is 3. The number of halogens is 1. The first kappa shape index (κ1) is 28.7. The first-order valence-corrected chi connectivity index (χ1v) is 14.9. The van der Waals surface area contributed by atoms with Crippen LogP contribution in [-0.2, 0) is 5.41 Å². The molecule has 1 nitrogen and oxygen atoms in total. The summed E-state index contributed by atoms with van der Waals surface area (Å²) >= 11 is 6.80. The Labute approximate surface area is 251 Å². The first-order chi connectivity index (χ1) is 19.5. The van der Waals surface area contributed by atoms with Gasteiger partial charge in [0.15, 0.2) is 0 Å². The summed E-state index contributed by atoms with van der Waals surface area (Å²) in [5.41, 5.74) is 13.3. The summed E-state index contributed by atoms with van der Waals surface area (Å²) in [4.78, 5) is 2.38. The van der Waals surface area contributed by atoms with Gasteiger partial charge in [0.05, 0.1) is 5.69 Å². The predicted octanol–water partition coefficient (Wildman–Crippen LogP) is 12.2. The van der Waals surface area contributed by atoms with Gasteiger partial charge in [0.2, 0.25) is 0 Å². The molecule has 0 bridgehead atoms. The van der Waals surface area contributed by atoms with Crippen molar-refractivity contribution in [2.45, 2.75) is 59.8 Å². The molecule has 5 aromatic carbocycles. The number of nitrogens with zero attached hydrogens (tertiary/aromatic N) is 1. The maximum atomic E-state index is 6.80. The summed E-state index contributed by atoms with van der Waals surface area (Å²) in [6, 6.07) is 39.5. The molecule has 208 valence electrons. The first-order valence-electron chi connectivity index (χ1n) is 14.5.